The maximum Gasteiger partial charge on any atom is 0.341 e. The fourth-order valence-corrected chi connectivity index (χ4v) is 6.18. The smallest absolute Gasteiger partial charge is 0.341 e. The largest absolute Gasteiger partial charge is 0.507 e. The van der Waals surface area contributed by atoms with Crippen molar-refractivity contribution >= 4 is 5.97 Å². The number of carbonyl (C=O) groups excluding carboxylic acids is 1. The minimum absolute atomic E-state index is 0.0547. The Morgan fingerprint density at radius 1 is 0.952 bits per heavy atom. The summed E-state index contributed by atoms with van der Waals surface area (Å²) >= 11 is 0. The molecule has 1 aromatic heterocycles. The van der Waals surface area contributed by atoms with Crippen molar-refractivity contribution in [1.29, 1.82) is 0 Å². The Balaban J connectivity index is 1.58. The second-order valence-electron chi connectivity index (χ2n) is 11.5. The molecule has 0 atom stereocenters. The van der Waals surface area contributed by atoms with Crippen LogP contribution in [0.15, 0.2) is 78.9 Å². The van der Waals surface area contributed by atoms with Gasteiger partial charge in [0.15, 0.2) is 0 Å². The Kier molecular flexibility index (Phi) is 10.1. The molecule has 0 saturated heterocycles. The molecular formula is C36H43N3O3. The number of hydrogen-bond donors (Lipinski definition) is 1. The molecule has 5 rings (SSSR count). The van der Waals surface area contributed by atoms with Gasteiger partial charge in [-0.05, 0) is 42.9 Å². The lowest BCUT2D eigenvalue weighted by Gasteiger charge is -2.30. The van der Waals surface area contributed by atoms with Crippen LogP contribution in [0.5, 0.6) is 5.75 Å². The van der Waals surface area contributed by atoms with Crippen LogP contribution >= 0.6 is 0 Å². The summed E-state index contributed by atoms with van der Waals surface area (Å²) in [6, 6.07) is 26.3. The molecule has 42 heavy (non-hydrogen) atoms. The minimum atomic E-state index is -0.523. The molecule has 0 spiro atoms. The van der Waals surface area contributed by atoms with Crippen LogP contribution in [-0.4, -0.2) is 39.2 Å². The first-order valence-corrected chi connectivity index (χ1v) is 15.4. The van der Waals surface area contributed by atoms with Gasteiger partial charge in [0.05, 0.1) is 18.5 Å². The fraction of sp³-hybridized carbons (Fsp3) is 0.389. The van der Waals surface area contributed by atoms with Crippen molar-refractivity contribution in [3.8, 4) is 28.4 Å². The molecule has 1 heterocycles. The summed E-state index contributed by atoms with van der Waals surface area (Å²) in [5.74, 6) is 1.07. The quantitative estimate of drug-likeness (QED) is 0.176. The number of rotatable bonds is 12. The number of ether oxygens (including phenoxy) is 1. The molecule has 6 heteroatoms. The highest BCUT2D eigenvalue weighted by molar-refractivity contribution is 5.92. The van der Waals surface area contributed by atoms with E-state index < -0.39 is 5.97 Å². The van der Waals surface area contributed by atoms with Gasteiger partial charge in [0.2, 0.25) is 0 Å². The number of phenols is 1. The van der Waals surface area contributed by atoms with Crippen molar-refractivity contribution in [3.63, 3.8) is 0 Å². The van der Waals surface area contributed by atoms with Crippen molar-refractivity contribution in [3.05, 3.63) is 95.7 Å². The molecule has 0 aliphatic heterocycles. The summed E-state index contributed by atoms with van der Waals surface area (Å²) in [5, 5.41) is 10.3. The first kappa shape index (κ1) is 29.6. The molecular weight excluding hydrogens is 522 g/mol. The second kappa shape index (κ2) is 14.3. The number of benzene rings is 3. The normalized spacial score (nSPS) is 13.9. The zero-order chi connectivity index (χ0) is 29.3. The minimum Gasteiger partial charge on any atom is -0.507 e. The monoisotopic (exact) mass is 565 g/mol. The van der Waals surface area contributed by atoms with Crippen LogP contribution < -0.4 is 0 Å². The molecule has 1 saturated carbocycles. The van der Waals surface area contributed by atoms with Gasteiger partial charge in [-0.15, -0.1) is 0 Å². The number of phenolic OH excluding ortho intramolecular Hbond substituents is 1. The van der Waals surface area contributed by atoms with E-state index in [1.54, 1.807) is 12.1 Å². The maximum atomic E-state index is 12.4. The first-order chi connectivity index (χ1) is 20.6. The highest BCUT2D eigenvalue weighted by Gasteiger charge is 2.25. The van der Waals surface area contributed by atoms with Gasteiger partial charge in [0.1, 0.15) is 17.1 Å². The van der Waals surface area contributed by atoms with Crippen LogP contribution in [0.25, 0.3) is 22.6 Å². The van der Waals surface area contributed by atoms with E-state index in [9.17, 15) is 9.90 Å². The molecule has 0 amide bonds. The van der Waals surface area contributed by atoms with Crippen molar-refractivity contribution in [2.75, 3.05) is 13.7 Å². The summed E-state index contributed by atoms with van der Waals surface area (Å²) < 4.78 is 7.37. The Labute approximate surface area is 250 Å². The first-order valence-electron chi connectivity index (χ1n) is 15.4. The lowest BCUT2D eigenvalue weighted by Crippen LogP contribution is -2.31. The summed E-state index contributed by atoms with van der Waals surface area (Å²) in [4.78, 5) is 20.2. The van der Waals surface area contributed by atoms with Gasteiger partial charge >= 0.3 is 5.97 Å². The lowest BCUT2D eigenvalue weighted by molar-refractivity contribution is 0.0597. The molecule has 4 aromatic rings. The number of aromatic hydroxyl groups is 1. The summed E-state index contributed by atoms with van der Waals surface area (Å²) in [6.45, 7) is 5.50. The number of hydrogen-bond acceptors (Lipinski definition) is 5. The van der Waals surface area contributed by atoms with Gasteiger partial charge in [0, 0.05) is 37.3 Å². The topological polar surface area (TPSA) is 67.6 Å². The second-order valence-corrected chi connectivity index (χ2v) is 11.5. The number of nitrogens with zero attached hydrogens (tertiary/aromatic N) is 3. The van der Waals surface area contributed by atoms with E-state index in [4.69, 9.17) is 9.72 Å². The average Bonchev–Trinajstić information content (AvgIpc) is 3.39. The van der Waals surface area contributed by atoms with Crippen molar-refractivity contribution in [2.45, 2.75) is 71.5 Å². The Bertz CT molecular complexity index is 1440. The van der Waals surface area contributed by atoms with Gasteiger partial charge < -0.3 is 14.4 Å². The number of imidazole rings is 1. The Morgan fingerprint density at radius 2 is 1.64 bits per heavy atom. The van der Waals surface area contributed by atoms with E-state index >= 15 is 0 Å². The van der Waals surface area contributed by atoms with Crippen LogP contribution in [0.2, 0.25) is 0 Å². The number of esters is 1. The third-order valence-electron chi connectivity index (χ3n) is 8.37. The van der Waals surface area contributed by atoms with Crippen LogP contribution in [0.3, 0.4) is 0 Å². The third-order valence-corrected chi connectivity index (χ3v) is 8.37. The van der Waals surface area contributed by atoms with Crippen LogP contribution in [0.1, 0.15) is 73.5 Å². The molecule has 0 radical (unpaired) electrons. The maximum absolute atomic E-state index is 12.4. The van der Waals surface area contributed by atoms with E-state index in [-0.39, 0.29) is 11.3 Å². The predicted octanol–water partition coefficient (Wildman–Crippen LogP) is 8.09. The number of unbranched alkanes of at least 4 members (excludes halogenated alkanes) is 1. The van der Waals surface area contributed by atoms with Crippen LogP contribution in [-0.2, 0) is 24.4 Å². The predicted molar refractivity (Wildman–Crippen MR) is 168 cm³/mol. The molecule has 1 N–H and O–H groups in total. The summed E-state index contributed by atoms with van der Waals surface area (Å²) in [7, 11) is 1.34. The van der Waals surface area contributed by atoms with Gasteiger partial charge in [-0.3, -0.25) is 4.90 Å². The zero-order valence-corrected chi connectivity index (χ0v) is 25.0. The molecule has 1 aliphatic carbocycles. The molecule has 220 valence electrons. The van der Waals surface area contributed by atoms with Gasteiger partial charge in [0.25, 0.3) is 0 Å². The van der Waals surface area contributed by atoms with Crippen molar-refractivity contribution in [1.82, 2.24) is 14.5 Å². The number of carbonyl (C=O) groups is 1. The van der Waals surface area contributed by atoms with Crippen LogP contribution in [0.4, 0.5) is 0 Å². The number of methoxy groups -OCH3 is 1. The molecule has 3 aromatic carbocycles. The van der Waals surface area contributed by atoms with Crippen molar-refractivity contribution in [2.24, 2.45) is 5.92 Å². The fourth-order valence-electron chi connectivity index (χ4n) is 6.18. The average molecular weight is 566 g/mol. The summed E-state index contributed by atoms with van der Waals surface area (Å²) in [6.07, 6.45) is 8.55. The van der Waals surface area contributed by atoms with E-state index in [1.807, 2.05) is 12.1 Å². The lowest BCUT2D eigenvalue weighted by atomic mass is 9.88. The SMILES string of the molecule is CCCCn1c(-c2ccccc2)nc(-c2ccccc2)c1CN(Cc1ccc(O)c(C(=O)OC)c1)CC1CCCCC1. The highest BCUT2D eigenvalue weighted by Crippen LogP contribution is 2.33. The molecule has 0 bridgehead atoms. The number of aromatic nitrogens is 2. The van der Waals surface area contributed by atoms with Crippen LogP contribution in [0, 0.1) is 5.92 Å². The third kappa shape index (κ3) is 7.11. The highest BCUT2D eigenvalue weighted by atomic mass is 16.5. The van der Waals surface area contributed by atoms with E-state index in [2.05, 4.69) is 71.0 Å². The molecule has 1 aliphatic rings. The molecule has 6 nitrogen and oxygen atoms in total. The molecule has 1 fully saturated rings. The Hall–Kier alpha value is -3.90. The Morgan fingerprint density at radius 3 is 2.31 bits per heavy atom. The van der Waals surface area contributed by atoms with E-state index in [0.29, 0.717) is 12.5 Å². The van der Waals surface area contributed by atoms with Gasteiger partial charge in [-0.25, -0.2) is 9.78 Å². The van der Waals surface area contributed by atoms with Gasteiger partial charge in [-0.1, -0.05) is 99.3 Å². The summed E-state index contributed by atoms with van der Waals surface area (Å²) in [5.41, 5.74) is 5.67. The van der Waals surface area contributed by atoms with Gasteiger partial charge in [-0.2, -0.15) is 0 Å². The van der Waals surface area contributed by atoms with Crippen molar-refractivity contribution < 1.29 is 14.6 Å². The standard InChI is InChI=1S/C36H43N3O3/c1-3-4-22-39-32(34(29-16-10-6-11-17-29)37-35(39)30-18-12-7-13-19-30)26-38(24-27-14-8-5-9-15-27)25-28-20-21-33(40)31(23-28)36(41)42-2/h6-7,10-13,16-21,23,27,40H,3-5,8-9,14-15,22,24-26H2,1-2H3. The van der Waals surface area contributed by atoms with E-state index in [0.717, 1.165) is 60.7 Å². The zero-order valence-electron chi connectivity index (χ0n) is 25.0. The van der Waals surface area contributed by atoms with E-state index in [1.165, 1.54) is 44.9 Å². The molecule has 0 unspecified atom stereocenters.